The van der Waals surface area contributed by atoms with Crippen molar-refractivity contribution in [3.8, 4) is 11.1 Å². The van der Waals surface area contributed by atoms with Gasteiger partial charge in [0.15, 0.2) is 0 Å². The van der Waals surface area contributed by atoms with Crippen molar-refractivity contribution in [1.29, 1.82) is 0 Å². The Balaban J connectivity index is 2.34. The van der Waals surface area contributed by atoms with E-state index in [0.29, 0.717) is 37.0 Å². The zero-order valence-electron chi connectivity index (χ0n) is 15.4. The van der Waals surface area contributed by atoms with Gasteiger partial charge >= 0.3 is 0 Å². The fourth-order valence-electron chi connectivity index (χ4n) is 3.36. The van der Waals surface area contributed by atoms with Crippen LogP contribution in [0.4, 0.5) is 19.0 Å². The van der Waals surface area contributed by atoms with Crippen molar-refractivity contribution < 1.29 is 13.2 Å². The molecule has 1 aliphatic rings. The highest BCUT2D eigenvalue weighted by atomic mass is 35.5. The number of aromatic nitrogens is 2. The number of halogens is 4. The zero-order chi connectivity index (χ0) is 19.7. The summed E-state index contributed by atoms with van der Waals surface area (Å²) in [5.41, 5.74) is 2.88. The van der Waals surface area contributed by atoms with Crippen molar-refractivity contribution in [2.24, 2.45) is 10.9 Å². The number of rotatable bonds is 3. The predicted molar refractivity (Wildman–Crippen MR) is 99.9 cm³/mol. The van der Waals surface area contributed by atoms with Crippen LogP contribution in [-0.2, 0) is 0 Å². The molecular formula is C18H21ClF3N5. The van der Waals surface area contributed by atoms with Crippen LogP contribution in [0.1, 0.15) is 19.8 Å². The summed E-state index contributed by atoms with van der Waals surface area (Å²) in [7, 11) is 3.20. The Kier molecular flexibility index (Phi) is 5.64. The molecule has 0 amide bonds. The third kappa shape index (κ3) is 3.63. The highest BCUT2D eigenvalue weighted by Crippen LogP contribution is 2.39. The maximum Gasteiger partial charge on any atom is 0.246 e. The van der Waals surface area contributed by atoms with Crippen molar-refractivity contribution in [2.75, 3.05) is 37.5 Å². The Bertz CT molecular complexity index is 897. The average Bonchev–Trinajstić information content (AvgIpc) is 2.62. The largest absolute Gasteiger partial charge is 0.356 e. The lowest BCUT2D eigenvalue weighted by atomic mass is 9.98. The second-order valence-electron chi connectivity index (χ2n) is 6.60. The van der Waals surface area contributed by atoms with E-state index in [2.05, 4.69) is 22.3 Å². The summed E-state index contributed by atoms with van der Waals surface area (Å²) in [6.45, 7) is 3.53. The molecule has 0 saturated carbocycles. The molecule has 9 heteroatoms. The van der Waals surface area contributed by atoms with Gasteiger partial charge in [0, 0.05) is 39.3 Å². The molecule has 146 valence electrons. The topological polar surface area (TPSA) is 45.5 Å². The van der Waals surface area contributed by atoms with Gasteiger partial charge in [-0.05, 0) is 18.8 Å². The molecule has 0 radical (unpaired) electrons. The van der Waals surface area contributed by atoms with E-state index in [4.69, 9.17) is 11.6 Å². The lowest BCUT2D eigenvalue weighted by Gasteiger charge is -2.35. The second kappa shape index (κ2) is 7.80. The Morgan fingerprint density at radius 1 is 1.15 bits per heavy atom. The van der Waals surface area contributed by atoms with Gasteiger partial charge in [-0.25, -0.2) is 17.8 Å². The van der Waals surface area contributed by atoms with Gasteiger partial charge < -0.3 is 10.3 Å². The van der Waals surface area contributed by atoms with Crippen LogP contribution in [0.15, 0.2) is 17.1 Å². The maximum absolute atomic E-state index is 14.6. The molecule has 0 aliphatic carbocycles. The minimum atomic E-state index is -1.04. The quantitative estimate of drug-likeness (QED) is 0.803. The molecule has 0 bridgehead atoms. The molecule has 0 unspecified atom stereocenters. The van der Waals surface area contributed by atoms with Crippen molar-refractivity contribution in [3.63, 3.8) is 0 Å². The Hall–Kier alpha value is -2.22. The Labute approximate surface area is 160 Å². The van der Waals surface area contributed by atoms with Gasteiger partial charge in [0.1, 0.15) is 28.4 Å². The third-order valence-electron chi connectivity index (χ3n) is 4.80. The summed E-state index contributed by atoms with van der Waals surface area (Å²) in [5.74, 6) is -2.06. The average molecular weight is 400 g/mol. The molecule has 0 spiro atoms. The van der Waals surface area contributed by atoms with Crippen LogP contribution < -0.4 is 15.9 Å². The van der Waals surface area contributed by atoms with Crippen LogP contribution in [-0.4, -0.2) is 36.8 Å². The van der Waals surface area contributed by atoms with Gasteiger partial charge in [0.25, 0.3) is 0 Å². The summed E-state index contributed by atoms with van der Waals surface area (Å²) in [6.07, 6.45) is 1.85. The molecule has 2 aromatic rings. The van der Waals surface area contributed by atoms with E-state index < -0.39 is 23.0 Å². The van der Waals surface area contributed by atoms with Crippen LogP contribution in [0.25, 0.3) is 11.1 Å². The molecule has 2 heterocycles. The van der Waals surface area contributed by atoms with Crippen molar-refractivity contribution in [2.45, 2.75) is 19.8 Å². The molecule has 1 aliphatic heterocycles. The van der Waals surface area contributed by atoms with Gasteiger partial charge in [-0.3, -0.25) is 4.99 Å². The summed E-state index contributed by atoms with van der Waals surface area (Å²) >= 11 is 6.34. The summed E-state index contributed by atoms with van der Waals surface area (Å²) in [5, 5.41) is -0.0971. The lowest BCUT2D eigenvalue weighted by Crippen LogP contribution is -2.41. The predicted octanol–water partition coefficient (Wildman–Crippen LogP) is 3.56. The van der Waals surface area contributed by atoms with E-state index in [9.17, 15) is 13.2 Å². The number of piperidine rings is 1. The molecule has 27 heavy (non-hydrogen) atoms. The van der Waals surface area contributed by atoms with Crippen molar-refractivity contribution in [3.05, 3.63) is 40.4 Å². The van der Waals surface area contributed by atoms with E-state index >= 15 is 0 Å². The standard InChI is InChI=1S/C18H21ClF3N5/c1-10-4-6-26(7-5-10)17-15(14-12(21)8-11(20)9-13(14)22)16(19)25-18(23-2)27(17)24-3/h8-10,24H,4-7H2,1-3H3. The number of nitrogens with one attached hydrogen (secondary N) is 1. The molecule has 1 fully saturated rings. The highest BCUT2D eigenvalue weighted by molar-refractivity contribution is 6.32. The number of nitrogens with zero attached hydrogens (tertiary/aromatic N) is 4. The molecule has 3 rings (SSSR count). The second-order valence-corrected chi connectivity index (χ2v) is 6.96. The molecule has 1 aromatic heterocycles. The molecule has 5 nitrogen and oxygen atoms in total. The summed E-state index contributed by atoms with van der Waals surface area (Å²) in [6, 6.07) is 1.28. The third-order valence-corrected chi connectivity index (χ3v) is 5.08. The number of hydrogen-bond acceptors (Lipinski definition) is 4. The molecule has 1 aromatic carbocycles. The molecule has 1 N–H and O–H groups in total. The minimum Gasteiger partial charge on any atom is -0.356 e. The summed E-state index contributed by atoms with van der Waals surface area (Å²) in [4.78, 5) is 10.3. The van der Waals surface area contributed by atoms with Crippen molar-refractivity contribution >= 4 is 17.4 Å². The minimum absolute atomic E-state index is 0.0722. The van der Waals surface area contributed by atoms with E-state index in [0.717, 1.165) is 12.8 Å². The molecule has 0 atom stereocenters. The van der Waals surface area contributed by atoms with Gasteiger partial charge in [0.05, 0.1) is 11.1 Å². The number of anilines is 1. The van der Waals surface area contributed by atoms with Gasteiger partial charge in [0.2, 0.25) is 5.62 Å². The molecular weight excluding hydrogens is 379 g/mol. The smallest absolute Gasteiger partial charge is 0.246 e. The molecule has 1 saturated heterocycles. The first-order valence-electron chi connectivity index (χ1n) is 8.70. The monoisotopic (exact) mass is 399 g/mol. The number of hydrogen-bond donors (Lipinski definition) is 1. The van der Waals surface area contributed by atoms with Gasteiger partial charge in [-0.15, -0.1) is 0 Å². The zero-order valence-corrected chi connectivity index (χ0v) is 16.1. The van der Waals surface area contributed by atoms with Crippen LogP contribution in [0.3, 0.4) is 0 Å². The van der Waals surface area contributed by atoms with Crippen LogP contribution >= 0.6 is 11.6 Å². The van der Waals surface area contributed by atoms with E-state index in [1.807, 2.05) is 4.90 Å². The van der Waals surface area contributed by atoms with Crippen LogP contribution in [0.5, 0.6) is 0 Å². The first kappa shape index (κ1) is 19.5. The SMILES string of the molecule is CN=c1nc(Cl)c(-c2c(F)cc(F)cc2F)c(N2CCC(C)CC2)n1NC. The van der Waals surface area contributed by atoms with E-state index in [-0.39, 0.29) is 16.3 Å². The van der Waals surface area contributed by atoms with E-state index in [1.165, 1.54) is 0 Å². The van der Waals surface area contributed by atoms with Gasteiger partial charge in [-0.2, -0.15) is 4.98 Å². The Morgan fingerprint density at radius 2 is 1.74 bits per heavy atom. The van der Waals surface area contributed by atoms with Crippen LogP contribution in [0, 0.1) is 23.4 Å². The Morgan fingerprint density at radius 3 is 2.26 bits per heavy atom. The summed E-state index contributed by atoms with van der Waals surface area (Å²) < 4.78 is 44.1. The first-order chi connectivity index (χ1) is 12.9. The fraction of sp³-hybridized carbons (Fsp3) is 0.444. The lowest BCUT2D eigenvalue weighted by molar-refractivity contribution is 0.433. The highest BCUT2D eigenvalue weighted by Gasteiger charge is 2.28. The fourth-order valence-corrected chi connectivity index (χ4v) is 3.62. The maximum atomic E-state index is 14.6. The first-order valence-corrected chi connectivity index (χ1v) is 9.08. The number of benzene rings is 1. The van der Waals surface area contributed by atoms with Crippen molar-refractivity contribution in [1.82, 2.24) is 9.66 Å². The normalized spacial score (nSPS) is 16.1. The van der Waals surface area contributed by atoms with E-state index in [1.54, 1.807) is 18.8 Å². The van der Waals surface area contributed by atoms with Gasteiger partial charge in [-0.1, -0.05) is 18.5 Å². The van der Waals surface area contributed by atoms with Crippen LogP contribution in [0.2, 0.25) is 5.15 Å².